The van der Waals surface area contributed by atoms with Gasteiger partial charge in [-0.15, -0.1) is 11.3 Å². The van der Waals surface area contributed by atoms with E-state index in [1.807, 2.05) is 31.4 Å². The van der Waals surface area contributed by atoms with Crippen molar-refractivity contribution < 1.29 is 13.2 Å². The van der Waals surface area contributed by atoms with Crippen molar-refractivity contribution in [3.8, 4) is 11.3 Å². The Kier molecular flexibility index (Phi) is 5.20. The number of anilines is 1. The highest BCUT2D eigenvalue weighted by atomic mass is 32.2. The van der Waals surface area contributed by atoms with Crippen LogP contribution >= 0.6 is 11.3 Å². The first-order valence-corrected chi connectivity index (χ1v) is 9.67. The van der Waals surface area contributed by atoms with Crippen LogP contribution in [-0.4, -0.2) is 33.3 Å². The van der Waals surface area contributed by atoms with Crippen LogP contribution < -0.4 is 4.31 Å². The molecule has 0 fully saturated rings. The molecule has 7 heteroatoms. The average molecular weight is 340 g/mol. The van der Waals surface area contributed by atoms with Gasteiger partial charge in [-0.2, -0.15) is 0 Å². The van der Waals surface area contributed by atoms with E-state index in [9.17, 15) is 8.42 Å². The molecule has 1 aromatic carbocycles. The van der Waals surface area contributed by atoms with Crippen LogP contribution in [0.5, 0.6) is 0 Å². The van der Waals surface area contributed by atoms with Gasteiger partial charge in [0.15, 0.2) is 0 Å². The molecule has 22 heavy (non-hydrogen) atoms. The Morgan fingerprint density at radius 1 is 1.32 bits per heavy atom. The Morgan fingerprint density at radius 2 is 1.95 bits per heavy atom. The molecule has 2 rings (SSSR count). The number of thiazole rings is 1. The molecule has 1 heterocycles. The van der Waals surface area contributed by atoms with Gasteiger partial charge in [-0.25, -0.2) is 13.4 Å². The maximum atomic E-state index is 11.5. The van der Waals surface area contributed by atoms with Gasteiger partial charge in [0.05, 0.1) is 17.6 Å². The van der Waals surface area contributed by atoms with Crippen LogP contribution in [-0.2, 0) is 14.8 Å². The van der Waals surface area contributed by atoms with Crippen LogP contribution in [0.1, 0.15) is 25.0 Å². The summed E-state index contributed by atoms with van der Waals surface area (Å²) >= 11 is 1.56. The lowest BCUT2D eigenvalue weighted by molar-refractivity contribution is 0.0762. The normalized spacial score (nSPS) is 13.1. The number of sulfonamides is 1. The van der Waals surface area contributed by atoms with Gasteiger partial charge in [0.1, 0.15) is 11.1 Å². The maximum absolute atomic E-state index is 11.5. The Morgan fingerprint density at radius 3 is 2.50 bits per heavy atom. The Hall–Kier alpha value is -1.44. The van der Waals surface area contributed by atoms with Crippen molar-refractivity contribution in [1.29, 1.82) is 0 Å². The van der Waals surface area contributed by atoms with Crippen molar-refractivity contribution in [2.45, 2.75) is 20.0 Å². The second kappa shape index (κ2) is 6.76. The fourth-order valence-electron chi connectivity index (χ4n) is 1.96. The molecule has 0 radical (unpaired) electrons. The van der Waals surface area contributed by atoms with Gasteiger partial charge >= 0.3 is 0 Å². The number of hydrogen-bond donors (Lipinski definition) is 0. The third-order valence-corrected chi connectivity index (χ3v) is 5.52. The van der Waals surface area contributed by atoms with Crippen molar-refractivity contribution in [3.63, 3.8) is 0 Å². The molecular formula is C15H20N2O3S2. The lowest BCUT2D eigenvalue weighted by Crippen LogP contribution is -2.24. The molecule has 0 aliphatic rings. The highest BCUT2D eigenvalue weighted by Crippen LogP contribution is 2.28. The first kappa shape index (κ1) is 16.9. The molecule has 0 spiro atoms. The van der Waals surface area contributed by atoms with Gasteiger partial charge in [0.2, 0.25) is 10.0 Å². The zero-order valence-corrected chi connectivity index (χ0v) is 14.7. The minimum Gasteiger partial charge on any atom is -0.372 e. The first-order valence-electron chi connectivity index (χ1n) is 6.94. The molecule has 1 aromatic heterocycles. The van der Waals surface area contributed by atoms with E-state index in [0.717, 1.165) is 16.3 Å². The molecule has 0 bridgehead atoms. The second-order valence-electron chi connectivity index (χ2n) is 4.95. The summed E-state index contributed by atoms with van der Waals surface area (Å²) in [6, 6.07) is 7.31. The molecule has 0 saturated heterocycles. The quantitative estimate of drug-likeness (QED) is 0.809. The average Bonchev–Trinajstić information content (AvgIpc) is 2.96. The van der Waals surface area contributed by atoms with Gasteiger partial charge in [0, 0.05) is 24.6 Å². The fraction of sp³-hybridized carbons (Fsp3) is 0.400. The topological polar surface area (TPSA) is 59.5 Å². The summed E-state index contributed by atoms with van der Waals surface area (Å²) in [7, 11) is -1.71. The number of ether oxygens (including phenoxy) is 1. The lowest BCUT2D eigenvalue weighted by atomic mass is 10.1. The number of hydrogen-bond acceptors (Lipinski definition) is 5. The third kappa shape index (κ3) is 3.85. The summed E-state index contributed by atoms with van der Waals surface area (Å²) in [5, 5.41) is 2.93. The van der Waals surface area contributed by atoms with Crippen LogP contribution in [0.3, 0.4) is 0 Å². The maximum Gasteiger partial charge on any atom is 0.231 e. The summed E-state index contributed by atoms with van der Waals surface area (Å²) in [5.41, 5.74) is 2.46. The summed E-state index contributed by atoms with van der Waals surface area (Å²) in [5.74, 6) is 0. The van der Waals surface area contributed by atoms with Gasteiger partial charge in [-0.1, -0.05) is 12.1 Å². The van der Waals surface area contributed by atoms with E-state index in [-0.39, 0.29) is 6.10 Å². The smallest absolute Gasteiger partial charge is 0.231 e. The Balaban J connectivity index is 2.21. The molecule has 5 nitrogen and oxygen atoms in total. The van der Waals surface area contributed by atoms with E-state index in [1.54, 1.807) is 23.5 Å². The van der Waals surface area contributed by atoms with E-state index < -0.39 is 10.0 Å². The summed E-state index contributed by atoms with van der Waals surface area (Å²) in [6.45, 7) is 4.60. The zero-order valence-electron chi connectivity index (χ0n) is 13.1. The van der Waals surface area contributed by atoms with Crippen LogP contribution in [0.25, 0.3) is 11.3 Å². The van der Waals surface area contributed by atoms with Crippen molar-refractivity contribution in [2.75, 3.05) is 24.2 Å². The van der Waals surface area contributed by atoms with Gasteiger partial charge in [0.25, 0.3) is 0 Å². The van der Waals surface area contributed by atoms with Crippen LogP contribution in [0.15, 0.2) is 29.6 Å². The SMILES string of the molecule is CCOC(C)c1nc(-c2ccc(N(C)S(C)(=O)=O)cc2)cs1. The number of aromatic nitrogens is 1. The van der Waals surface area contributed by atoms with E-state index in [4.69, 9.17) is 4.74 Å². The molecule has 1 atom stereocenters. The van der Waals surface area contributed by atoms with Crippen LogP contribution in [0, 0.1) is 0 Å². The van der Waals surface area contributed by atoms with Crippen molar-refractivity contribution in [3.05, 3.63) is 34.7 Å². The zero-order chi connectivity index (χ0) is 16.3. The summed E-state index contributed by atoms with van der Waals surface area (Å²) in [6.07, 6.45) is 1.17. The molecule has 0 aliphatic carbocycles. The minimum absolute atomic E-state index is 0.0145. The Labute approximate surface area is 135 Å². The van der Waals surface area contributed by atoms with Crippen LogP contribution in [0.2, 0.25) is 0 Å². The standard InChI is InChI=1S/C15H20N2O3S2/c1-5-20-11(2)15-16-14(10-21-15)12-6-8-13(9-7-12)17(3)22(4,18)19/h6-11H,5H2,1-4H3. The number of nitrogens with zero attached hydrogens (tertiary/aromatic N) is 2. The molecule has 0 saturated carbocycles. The van der Waals surface area contributed by atoms with Crippen molar-refractivity contribution >= 4 is 27.0 Å². The largest absolute Gasteiger partial charge is 0.372 e. The molecule has 0 N–H and O–H groups in total. The predicted octanol–water partition coefficient (Wildman–Crippen LogP) is 3.30. The molecule has 0 amide bonds. The van der Waals surface area contributed by atoms with Crippen LogP contribution in [0.4, 0.5) is 5.69 Å². The minimum atomic E-state index is -3.24. The van der Waals surface area contributed by atoms with Crippen molar-refractivity contribution in [1.82, 2.24) is 4.98 Å². The molecule has 1 unspecified atom stereocenters. The molecule has 0 aliphatic heterocycles. The highest BCUT2D eigenvalue weighted by Gasteiger charge is 2.14. The van der Waals surface area contributed by atoms with Gasteiger partial charge in [-0.05, 0) is 26.0 Å². The summed E-state index contributed by atoms with van der Waals surface area (Å²) < 4.78 is 29.8. The molecule has 2 aromatic rings. The van der Waals surface area contributed by atoms with E-state index in [2.05, 4.69) is 4.98 Å². The highest BCUT2D eigenvalue weighted by molar-refractivity contribution is 7.92. The van der Waals surface area contributed by atoms with E-state index in [1.165, 1.54) is 17.6 Å². The molecular weight excluding hydrogens is 320 g/mol. The molecule has 120 valence electrons. The summed E-state index contributed by atoms with van der Waals surface area (Å²) in [4.78, 5) is 4.58. The fourth-order valence-corrected chi connectivity index (χ4v) is 3.30. The number of benzene rings is 1. The number of rotatable bonds is 6. The van der Waals surface area contributed by atoms with E-state index >= 15 is 0 Å². The first-order chi connectivity index (χ1) is 10.3. The third-order valence-electron chi connectivity index (χ3n) is 3.31. The van der Waals surface area contributed by atoms with Crippen molar-refractivity contribution in [2.24, 2.45) is 0 Å². The second-order valence-corrected chi connectivity index (χ2v) is 7.85. The van der Waals surface area contributed by atoms with Gasteiger partial charge in [-0.3, -0.25) is 4.31 Å². The van der Waals surface area contributed by atoms with E-state index in [0.29, 0.717) is 12.3 Å². The van der Waals surface area contributed by atoms with Gasteiger partial charge < -0.3 is 4.74 Å². The predicted molar refractivity (Wildman–Crippen MR) is 90.8 cm³/mol. The Bertz CT molecular complexity index is 724. The monoisotopic (exact) mass is 340 g/mol. The lowest BCUT2D eigenvalue weighted by Gasteiger charge is -2.16.